The molecule has 0 atom stereocenters. The van der Waals surface area contributed by atoms with Crippen LogP contribution < -0.4 is 16.4 Å². The maximum absolute atomic E-state index is 13.4. The minimum absolute atomic E-state index is 0.114. The van der Waals surface area contributed by atoms with Crippen molar-refractivity contribution in [3.63, 3.8) is 0 Å². The first-order valence-corrected chi connectivity index (χ1v) is 6.27. The van der Waals surface area contributed by atoms with Gasteiger partial charge in [-0.05, 0) is 31.0 Å². The SMILES string of the molecule is Nc1ccc(F)c(NC(=O)NC2CCCCC2)c1. The van der Waals surface area contributed by atoms with Gasteiger partial charge in [0.2, 0.25) is 0 Å². The summed E-state index contributed by atoms with van der Waals surface area (Å²) in [5, 5.41) is 5.35. The van der Waals surface area contributed by atoms with Gasteiger partial charge >= 0.3 is 6.03 Å². The second-order valence-corrected chi connectivity index (χ2v) is 4.67. The van der Waals surface area contributed by atoms with E-state index in [9.17, 15) is 9.18 Å². The molecule has 1 aromatic carbocycles. The van der Waals surface area contributed by atoms with Crippen molar-refractivity contribution in [3.05, 3.63) is 24.0 Å². The molecule has 0 aliphatic heterocycles. The number of carbonyl (C=O) groups excluding carboxylic acids is 1. The summed E-state index contributed by atoms with van der Waals surface area (Å²) in [6.45, 7) is 0. The van der Waals surface area contributed by atoms with Crippen molar-refractivity contribution in [1.29, 1.82) is 0 Å². The number of hydrogen-bond acceptors (Lipinski definition) is 2. The average molecular weight is 251 g/mol. The monoisotopic (exact) mass is 251 g/mol. The highest BCUT2D eigenvalue weighted by Gasteiger charge is 2.16. The molecule has 98 valence electrons. The Balaban J connectivity index is 1.92. The van der Waals surface area contributed by atoms with Gasteiger partial charge in [-0.2, -0.15) is 0 Å². The van der Waals surface area contributed by atoms with Gasteiger partial charge in [-0.1, -0.05) is 19.3 Å². The maximum Gasteiger partial charge on any atom is 0.319 e. The van der Waals surface area contributed by atoms with Gasteiger partial charge in [-0.3, -0.25) is 0 Å². The minimum Gasteiger partial charge on any atom is -0.399 e. The van der Waals surface area contributed by atoms with E-state index in [0.717, 1.165) is 25.7 Å². The van der Waals surface area contributed by atoms with Crippen LogP contribution in [-0.2, 0) is 0 Å². The number of amides is 2. The fraction of sp³-hybridized carbons (Fsp3) is 0.462. The summed E-state index contributed by atoms with van der Waals surface area (Å²) in [4.78, 5) is 11.7. The quantitative estimate of drug-likeness (QED) is 0.707. The van der Waals surface area contributed by atoms with Crippen LogP contribution in [0.5, 0.6) is 0 Å². The summed E-state index contributed by atoms with van der Waals surface area (Å²) in [6.07, 6.45) is 5.48. The third kappa shape index (κ3) is 3.35. The lowest BCUT2D eigenvalue weighted by molar-refractivity contribution is 0.244. The van der Waals surface area contributed by atoms with E-state index in [1.54, 1.807) is 0 Å². The normalized spacial score (nSPS) is 16.3. The topological polar surface area (TPSA) is 67.1 Å². The van der Waals surface area contributed by atoms with E-state index in [1.807, 2.05) is 0 Å². The van der Waals surface area contributed by atoms with Gasteiger partial charge in [0.05, 0.1) is 5.69 Å². The summed E-state index contributed by atoms with van der Waals surface area (Å²) in [6, 6.07) is 3.94. The Hall–Kier alpha value is -1.78. The molecule has 5 heteroatoms. The predicted octanol–water partition coefficient (Wildman–Crippen LogP) is 2.86. The molecule has 0 bridgehead atoms. The van der Waals surface area contributed by atoms with Crippen LogP contribution in [0.15, 0.2) is 18.2 Å². The van der Waals surface area contributed by atoms with E-state index >= 15 is 0 Å². The van der Waals surface area contributed by atoms with Gasteiger partial charge in [-0.25, -0.2) is 9.18 Å². The number of rotatable bonds is 2. The molecule has 0 radical (unpaired) electrons. The van der Waals surface area contributed by atoms with Crippen molar-refractivity contribution in [1.82, 2.24) is 5.32 Å². The lowest BCUT2D eigenvalue weighted by Gasteiger charge is -2.22. The van der Waals surface area contributed by atoms with Crippen molar-refractivity contribution < 1.29 is 9.18 Å². The molecule has 2 rings (SSSR count). The van der Waals surface area contributed by atoms with Gasteiger partial charge in [0.25, 0.3) is 0 Å². The average Bonchev–Trinajstić information content (AvgIpc) is 2.35. The second-order valence-electron chi connectivity index (χ2n) is 4.67. The molecule has 1 fully saturated rings. The molecule has 1 aliphatic rings. The highest BCUT2D eigenvalue weighted by molar-refractivity contribution is 5.90. The first-order valence-electron chi connectivity index (χ1n) is 6.27. The number of nitrogen functional groups attached to an aromatic ring is 1. The molecule has 1 saturated carbocycles. The molecule has 0 saturated heterocycles. The Morgan fingerprint density at radius 1 is 1.28 bits per heavy atom. The zero-order valence-corrected chi connectivity index (χ0v) is 10.2. The van der Waals surface area contributed by atoms with Crippen LogP contribution in [0.4, 0.5) is 20.6 Å². The molecule has 1 aromatic rings. The van der Waals surface area contributed by atoms with Crippen LogP contribution in [-0.4, -0.2) is 12.1 Å². The Labute approximate surface area is 106 Å². The Morgan fingerprint density at radius 3 is 2.72 bits per heavy atom. The van der Waals surface area contributed by atoms with Gasteiger partial charge < -0.3 is 16.4 Å². The van der Waals surface area contributed by atoms with Crippen LogP contribution in [0.25, 0.3) is 0 Å². The molecule has 1 aliphatic carbocycles. The number of anilines is 2. The largest absolute Gasteiger partial charge is 0.399 e. The van der Waals surface area contributed by atoms with Crippen LogP contribution in [0.1, 0.15) is 32.1 Å². The van der Waals surface area contributed by atoms with E-state index in [4.69, 9.17) is 5.73 Å². The van der Waals surface area contributed by atoms with Crippen LogP contribution >= 0.6 is 0 Å². The molecular weight excluding hydrogens is 233 g/mol. The third-order valence-electron chi connectivity index (χ3n) is 3.18. The Bertz CT molecular complexity index is 430. The van der Waals surface area contributed by atoms with Crippen LogP contribution in [0.2, 0.25) is 0 Å². The zero-order valence-electron chi connectivity index (χ0n) is 10.2. The summed E-state index contributed by atoms with van der Waals surface area (Å²) in [5.41, 5.74) is 6.08. The number of nitrogens with two attached hydrogens (primary N) is 1. The molecule has 18 heavy (non-hydrogen) atoms. The summed E-state index contributed by atoms with van der Waals surface area (Å²) in [5.74, 6) is -0.483. The second kappa shape index (κ2) is 5.71. The zero-order chi connectivity index (χ0) is 13.0. The number of hydrogen-bond donors (Lipinski definition) is 3. The molecule has 0 heterocycles. The highest BCUT2D eigenvalue weighted by atomic mass is 19.1. The lowest BCUT2D eigenvalue weighted by Crippen LogP contribution is -2.39. The van der Waals surface area contributed by atoms with Crippen molar-refractivity contribution in [3.8, 4) is 0 Å². The van der Waals surface area contributed by atoms with Gasteiger partial charge in [0, 0.05) is 11.7 Å². The number of benzene rings is 1. The first kappa shape index (κ1) is 12.7. The molecule has 4 N–H and O–H groups in total. The summed E-state index contributed by atoms with van der Waals surface area (Å²) < 4.78 is 13.4. The fourth-order valence-electron chi connectivity index (χ4n) is 2.23. The molecule has 0 spiro atoms. The van der Waals surface area contributed by atoms with E-state index in [1.165, 1.54) is 24.6 Å². The van der Waals surface area contributed by atoms with Crippen molar-refractivity contribution in [2.45, 2.75) is 38.1 Å². The van der Waals surface area contributed by atoms with E-state index in [-0.39, 0.29) is 17.8 Å². The Kier molecular flexibility index (Phi) is 4.02. The van der Waals surface area contributed by atoms with Crippen LogP contribution in [0, 0.1) is 5.82 Å². The molecule has 0 aromatic heterocycles. The number of urea groups is 1. The van der Waals surface area contributed by atoms with Gasteiger partial charge in [0.1, 0.15) is 5.82 Å². The van der Waals surface area contributed by atoms with Crippen molar-refractivity contribution >= 4 is 17.4 Å². The molecule has 2 amide bonds. The number of halogens is 1. The first-order chi connectivity index (χ1) is 8.65. The summed E-state index contributed by atoms with van der Waals surface area (Å²) >= 11 is 0. The van der Waals surface area contributed by atoms with Crippen molar-refractivity contribution in [2.24, 2.45) is 0 Å². The third-order valence-corrected chi connectivity index (χ3v) is 3.18. The molecule has 4 nitrogen and oxygen atoms in total. The maximum atomic E-state index is 13.4. The van der Waals surface area contributed by atoms with E-state index in [0.29, 0.717) is 5.69 Å². The molecule has 0 unspecified atom stereocenters. The number of carbonyl (C=O) groups is 1. The van der Waals surface area contributed by atoms with Crippen LogP contribution in [0.3, 0.4) is 0 Å². The van der Waals surface area contributed by atoms with Gasteiger partial charge in [0.15, 0.2) is 0 Å². The Morgan fingerprint density at radius 2 is 2.00 bits per heavy atom. The standard InChI is InChI=1S/C13H18FN3O/c14-11-7-6-9(15)8-12(11)17-13(18)16-10-4-2-1-3-5-10/h6-8,10H,1-5,15H2,(H2,16,17,18). The predicted molar refractivity (Wildman–Crippen MR) is 69.8 cm³/mol. The number of nitrogens with one attached hydrogen (secondary N) is 2. The van der Waals surface area contributed by atoms with E-state index < -0.39 is 5.82 Å². The van der Waals surface area contributed by atoms with Gasteiger partial charge in [-0.15, -0.1) is 0 Å². The van der Waals surface area contributed by atoms with Crippen molar-refractivity contribution in [2.75, 3.05) is 11.1 Å². The minimum atomic E-state index is -0.483. The molecular formula is C13H18FN3O. The fourth-order valence-corrected chi connectivity index (χ4v) is 2.23. The smallest absolute Gasteiger partial charge is 0.319 e. The summed E-state index contributed by atoms with van der Waals surface area (Å²) in [7, 11) is 0. The van der Waals surface area contributed by atoms with E-state index in [2.05, 4.69) is 10.6 Å². The lowest BCUT2D eigenvalue weighted by atomic mass is 9.96. The highest BCUT2D eigenvalue weighted by Crippen LogP contribution is 2.19.